The summed E-state index contributed by atoms with van der Waals surface area (Å²) in [4.78, 5) is 34.6. The maximum absolute atomic E-state index is 11.5. The summed E-state index contributed by atoms with van der Waals surface area (Å²) in [5.74, 6) is -1.91. The number of carbonyl (C=O) groups excluding carboxylic acids is 2. The predicted octanol–water partition coefficient (Wildman–Crippen LogP) is -0.334. The first-order valence-corrected chi connectivity index (χ1v) is 5.45. The number of carboxylic acid groups (broad SMARTS) is 1. The molecular formula is C10H16N2O5. The molecule has 96 valence electrons. The zero-order valence-electron chi connectivity index (χ0n) is 9.64. The second-order valence-electron chi connectivity index (χ2n) is 3.73. The smallest absolute Gasteiger partial charge is 0.325 e. The lowest BCUT2D eigenvalue weighted by atomic mass is 10.1. The maximum Gasteiger partial charge on any atom is 0.325 e. The molecule has 0 radical (unpaired) electrons. The largest absolute Gasteiger partial charge is 0.481 e. The number of nitrogens with zero attached hydrogens (tertiary/aromatic N) is 1. The number of esters is 1. The van der Waals surface area contributed by atoms with E-state index in [1.165, 1.54) is 4.90 Å². The summed E-state index contributed by atoms with van der Waals surface area (Å²) in [6.07, 6.45) is 0.447. The average molecular weight is 244 g/mol. The monoisotopic (exact) mass is 244 g/mol. The number of ether oxygens (including phenoxy) is 1. The van der Waals surface area contributed by atoms with Crippen molar-refractivity contribution in [1.82, 2.24) is 10.2 Å². The Bertz CT molecular complexity index is 318. The Morgan fingerprint density at radius 2 is 2.18 bits per heavy atom. The Morgan fingerprint density at radius 1 is 1.47 bits per heavy atom. The first-order valence-electron chi connectivity index (χ1n) is 5.45. The molecule has 0 aromatic heterocycles. The highest BCUT2D eigenvalue weighted by Crippen LogP contribution is 2.15. The SMILES string of the molecule is CCOC(=O)CNC(=O)N1CCC(C(=O)O)C1. The zero-order chi connectivity index (χ0) is 12.8. The highest BCUT2D eigenvalue weighted by molar-refractivity contribution is 5.81. The summed E-state index contributed by atoms with van der Waals surface area (Å²) in [5.41, 5.74) is 0. The van der Waals surface area contributed by atoms with Crippen LogP contribution < -0.4 is 5.32 Å². The molecule has 1 unspecified atom stereocenters. The van der Waals surface area contributed by atoms with Gasteiger partial charge in [0.05, 0.1) is 12.5 Å². The van der Waals surface area contributed by atoms with Gasteiger partial charge in [-0.15, -0.1) is 0 Å². The first-order chi connectivity index (χ1) is 8.04. The molecular weight excluding hydrogens is 228 g/mol. The fourth-order valence-corrected chi connectivity index (χ4v) is 1.62. The fourth-order valence-electron chi connectivity index (χ4n) is 1.62. The second-order valence-corrected chi connectivity index (χ2v) is 3.73. The molecule has 1 heterocycles. The Balaban J connectivity index is 2.30. The van der Waals surface area contributed by atoms with Crippen LogP contribution in [-0.4, -0.2) is 54.2 Å². The highest BCUT2D eigenvalue weighted by atomic mass is 16.5. The molecule has 17 heavy (non-hydrogen) atoms. The van der Waals surface area contributed by atoms with Crippen molar-refractivity contribution >= 4 is 18.0 Å². The van der Waals surface area contributed by atoms with Gasteiger partial charge in [-0.05, 0) is 13.3 Å². The molecule has 1 rings (SSSR count). The zero-order valence-corrected chi connectivity index (χ0v) is 9.64. The molecule has 1 saturated heterocycles. The summed E-state index contributed by atoms with van der Waals surface area (Å²) in [7, 11) is 0. The van der Waals surface area contributed by atoms with Crippen LogP contribution >= 0.6 is 0 Å². The van der Waals surface area contributed by atoms with Gasteiger partial charge in [-0.1, -0.05) is 0 Å². The van der Waals surface area contributed by atoms with Gasteiger partial charge in [0.1, 0.15) is 6.54 Å². The van der Waals surface area contributed by atoms with Crippen molar-refractivity contribution in [2.75, 3.05) is 26.2 Å². The summed E-state index contributed by atoms with van der Waals surface area (Å²) < 4.78 is 4.65. The van der Waals surface area contributed by atoms with Crippen molar-refractivity contribution in [3.05, 3.63) is 0 Å². The van der Waals surface area contributed by atoms with Crippen LogP contribution in [0.1, 0.15) is 13.3 Å². The third-order valence-corrected chi connectivity index (χ3v) is 2.51. The number of aliphatic carboxylic acids is 1. The molecule has 7 heteroatoms. The summed E-state index contributed by atoms with van der Waals surface area (Å²) in [5, 5.41) is 11.2. The van der Waals surface area contributed by atoms with Crippen LogP contribution in [0.5, 0.6) is 0 Å². The molecule has 1 atom stereocenters. The molecule has 0 aliphatic carbocycles. The fraction of sp³-hybridized carbons (Fsp3) is 0.700. The minimum Gasteiger partial charge on any atom is -0.481 e. The summed E-state index contributed by atoms with van der Waals surface area (Å²) >= 11 is 0. The van der Waals surface area contributed by atoms with E-state index in [4.69, 9.17) is 5.11 Å². The van der Waals surface area contributed by atoms with Crippen molar-refractivity contribution < 1.29 is 24.2 Å². The lowest BCUT2D eigenvalue weighted by Crippen LogP contribution is -2.41. The number of rotatable bonds is 4. The molecule has 2 amide bonds. The Kier molecular flexibility index (Phi) is 4.74. The quantitative estimate of drug-likeness (QED) is 0.660. The number of hydrogen-bond donors (Lipinski definition) is 2. The Hall–Kier alpha value is -1.79. The minimum absolute atomic E-state index is 0.185. The summed E-state index contributed by atoms with van der Waals surface area (Å²) in [6, 6.07) is -0.429. The van der Waals surface area contributed by atoms with E-state index < -0.39 is 23.9 Å². The van der Waals surface area contributed by atoms with E-state index in [2.05, 4.69) is 10.1 Å². The lowest BCUT2D eigenvalue weighted by molar-refractivity contribution is -0.142. The number of nitrogens with one attached hydrogen (secondary N) is 1. The van der Waals surface area contributed by atoms with Gasteiger partial charge < -0.3 is 20.1 Å². The van der Waals surface area contributed by atoms with Gasteiger partial charge in [-0.25, -0.2) is 4.79 Å². The average Bonchev–Trinajstić information content (AvgIpc) is 2.75. The number of urea groups is 1. The van der Waals surface area contributed by atoms with Gasteiger partial charge in [0.25, 0.3) is 0 Å². The van der Waals surface area contributed by atoms with Crippen LogP contribution in [0.2, 0.25) is 0 Å². The molecule has 0 spiro atoms. The number of hydrogen-bond acceptors (Lipinski definition) is 4. The highest BCUT2D eigenvalue weighted by Gasteiger charge is 2.30. The maximum atomic E-state index is 11.5. The predicted molar refractivity (Wildman–Crippen MR) is 57.3 cm³/mol. The normalized spacial score (nSPS) is 18.9. The lowest BCUT2D eigenvalue weighted by Gasteiger charge is -2.16. The van der Waals surface area contributed by atoms with Crippen LogP contribution in [0, 0.1) is 5.92 Å². The molecule has 1 aliphatic heterocycles. The molecule has 2 N–H and O–H groups in total. The first kappa shape index (κ1) is 13.3. The van der Waals surface area contributed by atoms with Crippen molar-refractivity contribution in [2.45, 2.75) is 13.3 Å². The third-order valence-electron chi connectivity index (χ3n) is 2.51. The molecule has 0 bridgehead atoms. The van der Waals surface area contributed by atoms with Crippen LogP contribution in [-0.2, 0) is 14.3 Å². The van der Waals surface area contributed by atoms with Crippen molar-refractivity contribution in [2.24, 2.45) is 5.92 Å². The number of likely N-dealkylation sites (tertiary alicyclic amines) is 1. The van der Waals surface area contributed by atoms with Gasteiger partial charge in [0, 0.05) is 13.1 Å². The van der Waals surface area contributed by atoms with Crippen LogP contribution in [0.15, 0.2) is 0 Å². The van der Waals surface area contributed by atoms with Crippen molar-refractivity contribution in [3.63, 3.8) is 0 Å². The van der Waals surface area contributed by atoms with Crippen molar-refractivity contribution in [1.29, 1.82) is 0 Å². The van der Waals surface area contributed by atoms with E-state index in [1.807, 2.05) is 0 Å². The van der Waals surface area contributed by atoms with Crippen LogP contribution in [0.3, 0.4) is 0 Å². The van der Waals surface area contributed by atoms with Gasteiger partial charge in [0.15, 0.2) is 0 Å². The molecule has 1 aliphatic rings. The Morgan fingerprint density at radius 3 is 2.71 bits per heavy atom. The van der Waals surface area contributed by atoms with E-state index >= 15 is 0 Å². The molecule has 7 nitrogen and oxygen atoms in total. The number of carboxylic acids is 1. The number of carbonyl (C=O) groups is 3. The van der Waals surface area contributed by atoms with E-state index in [-0.39, 0.29) is 19.7 Å². The topological polar surface area (TPSA) is 95.9 Å². The van der Waals surface area contributed by atoms with Gasteiger partial charge in [0.2, 0.25) is 0 Å². The van der Waals surface area contributed by atoms with Crippen LogP contribution in [0.25, 0.3) is 0 Å². The van der Waals surface area contributed by atoms with Gasteiger partial charge in [-0.3, -0.25) is 9.59 Å². The van der Waals surface area contributed by atoms with Gasteiger partial charge in [-0.2, -0.15) is 0 Å². The van der Waals surface area contributed by atoms with E-state index in [0.29, 0.717) is 13.0 Å². The molecule has 0 aromatic carbocycles. The molecule has 0 saturated carbocycles. The molecule has 0 aromatic rings. The van der Waals surface area contributed by atoms with E-state index in [9.17, 15) is 14.4 Å². The van der Waals surface area contributed by atoms with Crippen molar-refractivity contribution in [3.8, 4) is 0 Å². The Labute approximate surface area is 98.7 Å². The number of amides is 2. The summed E-state index contributed by atoms with van der Waals surface area (Å²) in [6.45, 7) is 2.33. The van der Waals surface area contributed by atoms with Crippen LogP contribution in [0.4, 0.5) is 4.79 Å². The molecule has 1 fully saturated rings. The minimum atomic E-state index is -0.898. The third kappa shape index (κ3) is 3.93. The second kappa shape index (κ2) is 6.07. The van der Waals surface area contributed by atoms with E-state index in [1.54, 1.807) is 6.92 Å². The van der Waals surface area contributed by atoms with Gasteiger partial charge >= 0.3 is 18.0 Å². The van der Waals surface area contributed by atoms with E-state index in [0.717, 1.165) is 0 Å². The standard InChI is InChI=1S/C10H16N2O5/c1-2-17-8(13)5-11-10(16)12-4-3-7(6-12)9(14)15/h7H,2-6H2,1H3,(H,11,16)(H,14,15).